The SMILES string of the molecule is O=C(NCCS)c1ccc2nc[nH]c2c1. The molecule has 0 atom stereocenters. The van der Waals surface area contributed by atoms with Crippen molar-refractivity contribution in [1.29, 1.82) is 0 Å². The number of benzene rings is 1. The van der Waals surface area contributed by atoms with Gasteiger partial charge in [-0.05, 0) is 18.2 Å². The number of nitrogens with zero attached hydrogens (tertiary/aromatic N) is 1. The number of rotatable bonds is 3. The molecule has 1 amide bonds. The molecule has 2 aromatic rings. The molecule has 0 radical (unpaired) electrons. The normalized spacial score (nSPS) is 10.5. The lowest BCUT2D eigenvalue weighted by atomic mass is 10.2. The maximum absolute atomic E-state index is 11.6. The summed E-state index contributed by atoms with van der Waals surface area (Å²) in [7, 11) is 0. The fourth-order valence-corrected chi connectivity index (χ4v) is 1.46. The maximum Gasteiger partial charge on any atom is 0.251 e. The van der Waals surface area contributed by atoms with Gasteiger partial charge in [-0.3, -0.25) is 4.79 Å². The number of hydrogen-bond donors (Lipinski definition) is 3. The zero-order chi connectivity index (χ0) is 10.7. The molecular weight excluding hydrogens is 210 g/mol. The maximum atomic E-state index is 11.6. The van der Waals surface area contributed by atoms with Crippen LogP contribution < -0.4 is 5.32 Å². The van der Waals surface area contributed by atoms with Gasteiger partial charge in [0.15, 0.2) is 0 Å². The summed E-state index contributed by atoms with van der Waals surface area (Å²) in [5.41, 5.74) is 2.36. The number of hydrogen-bond acceptors (Lipinski definition) is 3. The van der Waals surface area contributed by atoms with Crippen molar-refractivity contribution in [1.82, 2.24) is 15.3 Å². The average Bonchev–Trinajstić information content (AvgIpc) is 2.72. The Morgan fingerprint density at radius 2 is 2.40 bits per heavy atom. The largest absolute Gasteiger partial charge is 0.351 e. The van der Waals surface area contributed by atoms with Gasteiger partial charge in [-0.2, -0.15) is 12.6 Å². The number of amides is 1. The van der Waals surface area contributed by atoms with Gasteiger partial charge in [0.2, 0.25) is 0 Å². The second-order valence-corrected chi connectivity index (χ2v) is 3.56. The van der Waals surface area contributed by atoms with Crippen LogP contribution in [0.4, 0.5) is 0 Å². The Morgan fingerprint density at radius 3 is 3.20 bits per heavy atom. The zero-order valence-electron chi connectivity index (χ0n) is 8.03. The smallest absolute Gasteiger partial charge is 0.251 e. The van der Waals surface area contributed by atoms with Crippen molar-refractivity contribution in [2.75, 3.05) is 12.3 Å². The first kappa shape index (κ1) is 10.0. The molecular formula is C10H11N3OS. The van der Waals surface area contributed by atoms with Crippen LogP contribution in [0.5, 0.6) is 0 Å². The highest BCUT2D eigenvalue weighted by molar-refractivity contribution is 7.80. The summed E-state index contributed by atoms with van der Waals surface area (Å²) in [5, 5.41) is 2.76. The number of thiol groups is 1. The lowest BCUT2D eigenvalue weighted by Gasteiger charge is -2.02. The lowest BCUT2D eigenvalue weighted by molar-refractivity contribution is 0.0956. The highest BCUT2D eigenvalue weighted by atomic mass is 32.1. The Kier molecular flexibility index (Phi) is 2.91. The highest BCUT2D eigenvalue weighted by Gasteiger charge is 2.05. The Hall–Kier alpha value is -1.49. The third-order valence-corrected chi connectivity index (χ3v) is 2.30. The Labute approximate surface area is 92.5 Å². The Bertz CT molecular complexity index is 480. The van der Waals surface area contributed by atoms with E-state index in [1.54, 1.807) is 18.5 Å². The predicted molar refractivity (Wildman–Crippen MR) is 62.3 cm³/mol. The second kappa shape index (κ2) is 4.35. The molecule has 0 aliphatic carbocycles. The van der Waals surface area contributed by atoms with E-state index in [4.69, 9.17) is 0 Å². The summed E-state index contributed by atoms with van der Waals surface area (Å²) < 4.78 is 0. The molecule has 2 rings (SSSR count). The van der Waals surface area contributed by atoms with Crippen LogP contribution in [0, 0.1) is 0 Å². The molecule has 4 nitrogen and oxygen atoms in total. The first-order valence-electron chi connectivity index (χ1n) is 4.63. The molecule has 0 fully saturated rings. The van der Waals surface area contributed by atoms with Crippen molar-refractivity contribution < 1.29 is 4.79 Å². The van der Waals surface area contributed by atoms with Gasteiger partial charge in [0, 0.05) is 17.9 Å². The minimum Gasteiger partial charge on any atom is -0.351 e. The Balaban J connectivity index is 2.23. The van der Waals surface area contributed by atoms with E-state index >= 15 is 0 Å². The lowest BCUT2D eigenvalue weighted by Crippen LogP contribution is -2.25. The van der Waals surface area contributed by atoms with Gasteiger partial charge >= 0.3 is 0 Å². The molecule has 0 unspecified atom stereocenters. The molecule has 1 aromatic carbocycles. The van der Waals surface area contributed by atoms with Gasteiger partial charge < -0.3 is 10.3 Å². The molecule has 0 spiro atoms. The highest BCUT2D eigenvalue weighted by Crippen LogP contribution is 2.11. The number of fused-ring (bicyclic) bond motifs is 1. The molecule has 0 bridgehead atoms. The first-order chi connectivity index (χ1) is 7.31. The number of nitrogens with one attached hydrogen (secondary N) is 2. The molecule has 15 heavy (non-hydrogen) atoms. The van der Waals surface area contributed by atoms with Crippen molar-refractivity contribution in [3.8, 4) is 0 Å². The number of aromatic amines is 1. The predicted octanol–water partition coefficient (Wildman–Crippen LogP) is 1.22. The number of imidazole rings is 1. The van der Waals surface area contributed by atoms with Crippen LogP contribution >= 0.6 is 12.6 Å². The van der Waals surface area contributed by atoms with Gasteiger partial charge in [-0.25, -0.2) is 4.98 Å². The van der Waals surface area contributed by atoms with Crippen molar-refractivity contribution in [2.24, 2.45) is 0 Å². The summed E-state index contributed by atoms with van der Waals surface area (Å²) in [6, 6.07) is 5.37. The zero-order valence-corrected chi connectivity index (χ0v) is 8.92. The van der Waals surface area contributed by atoms with E-state index < -0.39 is 0 Å². The number of H-pyrrole nitrogens is 1. The fraction of sp³-hybridized carbons (Fsp3) is 0.200. The summed E-state index contributed by atoms with van der Waals surface area (Å²) >= 11 is 4.03. The van der Waals surface area contributed by atoms with Crippen LogP contribution in [0.25, 0.3) is 11.0 Å². The minimum absolute atomic E-state index is 0.0828. The van der Waals surface area contributed by atoms with E-state index in [0.29, 0.717) is 17.9 Å². The van der Waals surface area contributed by atoms with E-state index in [9.17, 15) is 4.79 Å². The quantitative estimate of drug-likeness (QED) is 0.683. The van der Waals surface area contributed by atoms with E-state index in [2.05, 4.69) is 27.9 Å². The van der Waals surface area contributed by atoms with E-state index in [-0.39, 0.29) is 5.91 Å². The molecule has 0 saturated carbocycles. The van der Waals surface area contributed by atoms with Crippen LogP contribution in [0.15, 0.2) is 24.5 Å². The van der Waals surface area contributed by atoms with Crippen molar-refractivity contribution in [3.05, 3.63) is 30.1 Å². The summed E-state index contributed by atoms with van der Waals surface area (Å²) in [6.07, 6.45) is 1.61. The molecule has 1 heterocycles. The molecule has 0 aliphatic heterocycles. The van der Waals surface area contributed by atoms with Crippen LogP contribution in [0.1, 0.15) is 10.4 Å². The van der Waals surface area contributed by atoms with Crippen molar-refractivity contribution >= 4 is 29.6 Å². The van der Waals surface area contributed by atoms with Gasteiger partial charge in [0.25, 0.3) is 5.91 Å². The van der Waals surface area contributed by atoms with Gasteiger partial charge in [-0.1, -0.05) is 0 Å². The van der Waals surface area contributed by atoms with Gasteiger partial charge in [0.05, 0.1) is 17.4 Å². The number of aromatic nitrogens is 2. The average molecular weight is 221 g/mol. The molecule has 5 heteroatoms. The summed E-state index contributed by atoms with van der Waals surface area (Å²) in [6.45, 7) is 0.572. The van der Waals surface area contributed by atoms with Crippen molar-refractivity contribution in [2.45, 2.75) is 0 Å². The summed E-state index contributed by atoms with van der Waals surface area (Å²) in [5.74, 6) is 0.554. The van der Waals surface area contributed by atoms with Crippen LogP contribution in [0.2, 0.25) is 0 Å². The molecule has 2 N–H and O–H groups in total. The molecule has 0 aliphatic rings. The van der Waals surface area contributed by atoms with Crippen LogP contribution in [0.3, 0.4) is 0 Å². The van der Waals surface area contributed by atoms with Gasteiger partial charge in [-0.15, -0.1) is 0 Å². The third kappa shape index (κ3) is 2.12. The molecule has 0 saturated heterocycles. The standard InChI is InChI=1S/C10H11N3OS/c14-10(11-3-4-15)7-1-2-8-9(5-7)13-6-12-8/h1-2,5-6,15H,3-4H2,(H,11,14)(H,12,13). The topological polar surface area (TPSA) is 57.8 Å². The number of carbonyl (C=O) groups is 1. The molecule has 78 valence electrons. The minimum atomic E-state index is -0.0828. The van der Waals surface area contributed by atoms with Crippen LogP contribution in [-0.2, 0) is 0 Å². The van der Waals surface area contributed by atoms with E-state index in [0.717, 1.165) is 11.0 Å². The van der Waals surface area contributed by atoms with Gasteiger partial charge in [0.1, 0.15) is 0 Å². The van der Waals surface area contributed by atoms with Crippen LogP contribution in [-0.4, -0.2) is 28.2 Å². The van der Waals surface area contributed by atoms with E-state index in [1.165, 1.54) is 0 Å². The van der Waals surface area contributed by atoms with Crippen molar-refractivity contribution in [3.63, 3.8) is 0 Å². The first-order valence-corrected chi connectivity index (χ1v) is 5.26. The van der Waals surface area contributed by atoms with E-state index in [1.807, 2.05) is 6.07 Å². The molecule has 1 aromatic heterocycles. The Morgan fingerprint density at radius 1 is 1.53 bits per heavy atom. The third-order valence-electron chi connectivity index (χ3n) is 2.08. The fourth-order valence-electron chi connectivity index (χ4n) is 1.35. The summed E-state index contributed by atoms with van der Waals surface area (Å²) in [4.78, 5) is 18.6. The monoisotopic (exact) mass is 221 g/mol. The second-order valence-electron chi connectivity index (χ2n) is 3.11. The number of carbonyl (C=O) groups excluding carboxylic acids is 1.